The highest BCUT2D eigenvalue weighted by Gasteiger charge is 2.29. The Bertz CT molecular complexity index is 804. The van der Waals surface area contributed by atoms with Crippen LogP contribution in [0.5, 0.6) is 0 Å². The topological polar surface area (TPSA) is 53.5 Å². The Labute approximate surface area is 141 Å². The van der Waals surface area contributed by atoms with E-state index >= 15 is 0 Å². The number of nitrogens with zero attached hydrogens (tertiary/aromatic N) is 3. The van der Waals surface area contributed by atoms with Crippen molar-refractivity contribution in [2.45, 2.75) is 18.4 Å². The van der Waals surface area contributed by atoms with Gasteiger partial charge in [0.25, 0.3) is 0 Å². The maximum absolute atomic E-state index is 13.2. The molecule has 0 aliphatic carbocycles. The summed E-state index contributed by atoms with van der Waals surface area (Å²) in [5, 5.41) is 0. The van der Waals surface area contributed by atoms with Gasteiger partial charge in [0.15, 0.2) is 0 Å². The number of hydrogen-bond acceptors (Lipinski definition) is 4. The Hall–Kier alpha value is -1.83. The van der Waals surface area contributed by atoms with E-state index in [4.69, 9.17) is 0 Å². The van der Waals surface area contributed by atoms with Gasteiger partial charge < -0.3 is 0 Å². The molecule has 0 spiro atoms. The fourth-order valence-electron chi connectivity index (χ4n) is 2.92. The summed E-state index contributed by atoms with van der Waals surface area (Å²) < 4.78 is 40.2. The first-order chi connectivity index (χ1) is 11.5. The number of pyridine rings is 1. The van der Waals surface area contributed by atoms with Crippen LogP contribution in [-0.4, -0.2) is 48.8 Å². The van der Waals surface area contributed by atoms with Crippen LogP contribution in [0.25, 0.3) is 0 Å². The predicted octanol–water partition coefficient (Wildman–Crippen LogP) is 2.04. The summed E-state index contributed by atoms with van der Waals surface area (Å²) in [4.78, 5) is 6.41. The first-order valence-electron chi connectivity index (χ1n) is 7.84. The van der Waals surface area contributed by atoms with Crippen LogP contribution in [0.4, 0.5) is 4.39 Å². The van der Waals surface area contributed by atoms with Gasteiger partial charge in [-0.15, -0.1) is 0 Å². The average molecular weight is 349 g/mol. The van der Waals surface area contributed by atoms with Gasteiger partial charge in [-0.2, -0.15) is 4.31 Å². The van der Waals surface area contributed by atoms with Gasteiger partial charge >= 0.3 is 0 Å². The van der Waals surface area contributed by atoms with Crippen molar-refractivity contribution in [3.63, 3.8) is 0 Å². The van der Waals surface area contributed by atoms with E-state index in [1.165, 1.54) is 22.5 Å². The van der Waals surface area contributed by atoms with Gasteiger partial charge in [-0.3, -0.25) is 9.88 Å². The second kappa shape index (κ2) is 6.96. The third kappa shape index (κ3) is 3.63. The summed E-state index contributed by atoms with van der Waals surface area (Å²) in [6, 6.07) is 7.73. The Kier molecular flexibility index (Phi) is 4.93. The molecule has 1 fully saturated rings. The Morgan fingerprint density at radius 1 is 1.08 bits per heavy atom. The van der Waals surface area contributed by atoms with E-state index in [0.717, 1.165) is 12.1 Å². The minimum atomic E-state index is -3.58. The molecule has 2 heterocycles. The van der Waals surface area contributed by atoms with Crippen LogP contribution < -0.4 is 0 Å². The van der Waals surface area contributed by atoms with E-state index in [2.05, 4.69) is 9.88 Å². The highest BCUT2D eigenvalue weighted by Crippen LogP contribution is 2.22. The smallest absolute Gasteiger partial charge is 0.243 e. The monoisotopic (exact) mass is 349 g/mol. The third-order valence-electron chi connectivity index (χ3n) is 4.24. The van der Waals surface area contributed by atoms with Crippen molar-refractivity contribution in [1.29, 1.82) is 0 Å². The van der Waals surface area contributed by atoms with Crippen LogP contribution in [0.1, 0.15) is 11.1 Å². The Morgan fingerprint density at radius 2 is 1.75 bits per heavy atom. The van der Waals surface area contributed by atoms with Crippen LogP contribution in [0.2, 0.25) is 0 Å². The number of aryl methyl sites for hydroxylation is 1. The average Bonchev–Trinajstić information content (AvgIpc) is 2.56. The predicted molar refractivity (Wildman–Crippen MR) is 89.4 cm³/mol. The minimum Gasteiger partial charge on any atom is -0.296 e. The molecule has 1 aliphatic heterocycles. The summed E-state index contributed by atoms with van der Waals surface area (Å²) >= 11 is 0. The second-order valence-electron chi connectivity index (χ2n) is 5.95. The number of halogens is 1. The van der Waals surface area contributed by atoms with Crippen LogP contribution in [0, 0.1) is 12.7 Å². The maximum atomic E-state index is 13.2. The Balaban J connectivity index is 1.67. The van der Waals surface area contributed by atoms with E-state index in [0.29, 0.717) is 31.7 Å². The second-order valence-corrected chi connectivity index (χ2v) is 7.85. The number of hydrogen-bond donors (Lipinski definition) is 0. The quantitative estimate of drug-likeness (QED) is 0.848. The summed E-state index contributed by atoms with van der Waals surface area (Å²) in [7, 11) is -3.58. The van der Waals surface area contributed by atoms with Gasteiger partial charge in [0.2, 0.25) is 10.0 Å². The van der Waals surface area contributed by atoms with Crippen LogP contribution in [0.15, 0.2) is 47.6 Å². The molecule has 128 valence electrons. The number of piperazine rings is 1. The van der Waals surface area contributed by atoms with Crippen molar-refractivity contribution in [2.75, 3.05) is 26.2 Å². The standard InChI is InChI=1S/C17H20FN3O2S/c1-14-12-16(18)2-3-17(14)24(22,23)21-10-8-20(9-11-21)13-15-4-6-19-7-5-15/h2-7,12H,8-11,13H2,1H3. The lowest BCUT2D eigenvalue weighted by molar-refractivity contribution is 0.181. The van der Waals surface area contributed by atoms with E-state index < -0.39 is 15.8 Å². The molecule has 3 rings (SSSR count). The zero-order valence-electron chi connectivity index (χ0n) is 13.5. The summed E-state index contributed by atoms with van der Waals surface area (Å²) in [6.07, 6.45) is 3.51. The molecule has 0 N–H and O–H groups in total. The number of rotatable bonds is 4. The number of sulfonamides is 1. The molecule has 1 aromatic carbocycles. The van der Waals surface area contributed by atoms with E-state index in [-0.39, 0.29) is 4.90 Å². The van der Waals surface area contributed by atoms with Crippen molar-refractivity contribution in [2.24, 2.45) is 0 Å². The van der Waals surface area contributed by atoms with E-state index in [9.17, 15) is 12.8 Å². The van der Waals surface area contributed by atoms with Crippen molar-refractivity contribution < 1.29 is 12.8 Å². The molecule has 0 radical (unpaired) electrons. The summed E-state index contributed by atoms with van der Waals surface area (Å²) in [6.45, 7) is 4.61. The highest BCUT2D eigenvalue weighted by molar-refractivity contribution is 7.89. The summed E-state index contributed by atoms with van der Waals surface area (Å²) in [5.41, 5.74) is 1.60. The molecule has 5 nitrogen and oxygen atoms in total. The minimum absolute atomic E-state index is 0.187. The molecule has 0 unspecified atom stereocenters. The highest BCUT2D eigenvalue weighted by atomic mass is 32.2. The van der Waals surface area contributed by atoms with Crippen molar-refractivity contribution in [1.82, 2.24) is 14.2 Å². The number of benzene rings is 1. The normalized spacial score (nSPS) is 17.1. The lowest BCUT2D eigenvalue weighted by atomic mass is 10.2. The zero-order valence-corrected chi connectivity index (χ0v) is 14.3. The van der Waals surface area contributed by atoms with Gasteiger partial charge in [-0.25, -0.2) is 12.8 Å². The number of aromatic nitrogens is 1. The molecule has 1 aliphatic rings. The van der Waals surface area contributed by atoms with Gasteiger partial charge in [-0.1, -0.05) is 0 Å². The van der Waals surface area contributed by atoms with E-state index in [1.54, 1.807) is 19.3 Å². The van der Waals surface area contributed by atoms with Crippen LogP contribution >= 0.6 is 0 Å². The Morgan fingerprint density at radius 3 is 2.38 bits per heavy atom. The molecular formula is C17H20FN3O2S. The zero-order chi connectivity index (χ0) is 17.2. The van der Waals surface area contributed by atoms with Gasteiger partial charge in [-0.05, 0) is 48.4 Å². The van der Waals surface area contributed by atoms with E-state index in [1.807, 2.05) is 12.1 Å². The maximum Gasteiger partial charge on any atom is 0.243 e. The molecule has 2 aromatic rings. The SMILES string of the molecule is Cc1cc(F)ccc1S(=O)(=O)N1CCN(Cc2ccncc2)CC1. The molecule has 0 amide bonds. The van der Waals surface area contributed by atoms with Gasteiger partial charge in [0, 0.05) is 45.1 Å². The van der Waals surface area contributed by atoms with Crippen LogP contribution in [-0.2, 0) is 16.6 Å². The molecule has 1 saturated heterocycles. The fourth-order valence-corrected chi connectivity index (χ4v) is 4.54. The molecule has 7 heteroatoms. The van der Waals surface area contributed by atoms with Crippen molar-refractivity contribution in [3.8, 4) is 0 Å². The molecule has 0 saturated carbocycles. The van der Waals surface area contributed by atoms with Crippen molar-refractivity contribution >= 4 is 10.0 Å². The molecule has 0 atom stereocenters. The van der Waals surface area contributed by atoms with Crippen molar-refractivity contribution in [3.05, 3.63) is 59.7 Å². The van der Waals surface area contributed by atoms with Crippen LogP contribution in [0.3, 0.4) is 0 Å². The molecule has 1 aromatic heterocycles. The molecule has 0 bridgehead atoms. The molecular weight excluding hydrogens is 329 g/mol. The fraction of sp³-hybridized carbons (Fsp3) is 0.353. The van der Waals surface area contributed by atoms with Gasteiger partial charge in [0.1, 0.15) is 5.82 Å². The first-order valence-corrected chi connectivity index (χ1v) is 9.28. The largest absolute Gasteiger partial charge is 0.296 e. The summed E-state index contributed by atoms with van der Waals surface area (Å²) in [5.74, 6) is -0.423. The lowest BCUT2D eigenvalue weighted by Gasteiger charge is -2.34. The first kappa shape index (κ1) is 17.0. The lowest BCUT2D eigenvalue weighted by Crippen LogP contribution is -2.48. The van der Waals surface area contributed by atoms with Gasteiger partial charge in [0.05, 0.1) is 4.90 Å². The third-order valence-corrected chi connectivity index (χ3v) is 6.30. The molecule has 24 heavy (non-hydrogen) atoms.